The largest absolute Gasteiger partial charge is 0.381 e. The van der Waals surface area contributed by atoms with Crippen LogP contribution in [0.15, 0.2) is 41.3 Å². The summed E-state index contributed by atoms with van der Waals surface area (Å²) < 4.78 is 22.4. The highest BCUT2D eigenvalue weighted by Gasteiger charge is 2.37. The second-order valence-corrected chi connectivity index (χ2v) is 8.53. The summed E-state index contributed by atoms with van der Waals surface area (Å²) in [5.41, 5.74) is 3.36. The van der Waals surface area contributed by atoms with Crippen LogP contribution in [-0.2, 0) is 11.8 Å². The second kappa shape index (κ2) is 6.70. The minimum absolute atomic E-state index is 0.0222. The smallest absolute Gasteiger partial charge is 0.330 e. The van der Waals surface area contributed by atoms with E-state index >= 15 is 0 Å². The normalized spacial score (nSPS) is 18.9. The Hall–Kier alpha value is -3.13. The SMILES string of the molecule is Cn1c(=O)n([C@@H]2CCOCC2(C)C)c2c3cc(-c4ccc(F)nc4)ccc3nnc21. The van der Waals surface area contributed by atoms with Crippen LogP contribution in [0.25, 0.3) is 33.2 Å². The predicted molar refractivity (Wildman–Crippen MR) is 112 cm³/mol. The molecule has 1 saturated heterocycles. The van der Waals surface area contributed by atoms with Gasteiger partial charge in [-0.15, -0.1) is 10.2 Å². The van der Waals surface area contributed by atoms with E-state index in [4.69, 9.17) is 4.74 Å². The third-order valence-corrected chi connectivity index (χ3v) is 6.05. The van der Waals surface area contributed by atoms with Crippen LogP contribution in [0.5, 0.6) is 0 Å². The molecule has 0 spiro atoms. The molecule has 7 nitrogen and oxygen atoms in total. The van der Waals surface area contributed by atoms with E-state index < -0.39 is 5.95 Å². The van der Waals surface area contributed by atoms with Gasteiger partial charge in [0.15, 0.2) is 5.65 Å². The van der Waals surface area contributed by atoms with Crippen molar-refractivity contribution in [2.24, 2.45) is 12.5 Å². The number of imidazole rings is 1. The van der Waals surface area contributed by atoms with Crippen molar-refractivity contribution in [2.75, 3.05) is 13.2 Å². The van der Waals surface area contributed by atoms with Crippen molar-refractivity contribution in [3.05, 3.63) is 53.0 Å². The standard InChI is InChI=1S/C22H22FN5O2/c1-22(2)12-30-9-8-17(22)28-19-15-10-13(14-5-7-18(23)24-11-14)4-6-16(15)25-26-20(19)27(3)21(28)29/h4-7,10-11,17H,8-9,12H2,1-3H3/t17-/m1/s1. The molecule has 1 aromatic carbocycles. The van der Waals surface area contributed by atoms with Crippen LogP contribution < -0.4 is 5.69 Å². The highest BCUT2D eigenvalue weighted by atomic mass is 19.1. The van der Waals surface area contributed by atoms with Gasteiger partial charge in [-0.2, -0.15) is 4.39 Å². The van der Waals surface area contributed by atoms with Gasteiger partial charge in [0, 0.05) is 42.3 Å². The average molecular weight is 407 g/mol. The van der Waals surface area contributed by atoms with Crippen molar-refractivity contribution in [3.8, 4) is 11.1 Å². The number of hydrogen-bond acceptors (Lipinski definition) is 5. The molecular weight excluding hydrogens is 385 g/mol. The summed E-state index contributed by atoms with van der Waals surface area (Å²) in [6.07, 6.45) is 2.25. The van der Waals surface area contributed by atoms with Crippen LogP contribution >= 0.6 is 0 Å². The van der Waals surface area contributed by atoms with Gasteiger partial charge in [0.25, 0.3) is 0 Å². The molecule has 4 heterocycles. The molecule has 0 N–H and O–H groups in total. The van der Waals surface area contributed by atoms with Gasteiger partial charge in [0.2, 0.25) is 5.95 Å². The number of rotatable bonds is 2. The summed E-state index contributed by atoms with van der Waals surface area (Å²) in [5.74, 6) is -0.522. The molecule has 4 aromatic rings. The van der Waals surface area contributed by atoms with Gasteiger partial charge in [0.1, 0.15) is 5.52 Å². The molecule has 3 aromatic heterocycles. The Bertz CT molecular complexity index is 1320. The summed E-state index contributed by atoms with van der Waals surface area (Å²) in [5, 5.41) is 9.51. The summed E-state index contributed by atoms with van der Waals surface area (Å²) in [6, 6.07) is 8.76. The van der Waals surface area contributed by atoms with E-state index in [9.17, 15) is 9.18 Å². The molecule has 0 saturated carbocycles. The molecule has 5 rings (SSSR count). The number of halogens is 1. The molecule has 154 valence electrons. The first-order valence-electron chi connectivity index (χ1n) is 9.94. The Labute approximate surface area is 172 Å². The summed E-state index contributed by atoms with van der Waals surface area (Å²) in [6.45, 7) is 5.44. The van der Waals surface area contributed by atoms with Crippen molar-refractivity contribution in [2.45, 2.75) is 26.3 Å². The Kier molecular flexibility index (Phi) is 4.21. The quantitative estimate of drug-likeness (QED) is 0.476. The van der Waals surface area contributed by atoms with E-state index in [1.807, 2.05) is 22.8 Å². The summed E-state index contributed by atoms with van der Waals surface area (Å²) >= 11 is 0. The van der Waals surface area contributed by atoms with E-state index in [0.29, 0.717) is 24.4 Å². The van der Waals surface area contributed by atoms with Crippen molar-refractivity contribution in [3.63, 3.8) is 0 Å². The highest BCUT2D eigenvalue weighted by Crippen LogP contribution is 2.39. The van der Waals surface area contributed by atoms with Crippen molar-refractivity contribution in [1.82, 2.24) is 24.3 Å². The minimum atomic E-state index is -0.522. The molecule has 0 amide bonds. The Balaban J connectivity index is 1.82. The van der Waals surface area contributed by atoms with Gasteiger partial charge in [-0.25, -0.2) is 9.78 Å². The molecule has 1 atom stereocenters. The maximum absolute atomic E-state index is 13.3. The number of benzene rings is 1. The average Bonchev–Trinajstić information content (AvgIpc) is 2.99. The molecule has 1 fully saturated rings. The fourth-order valence-corrected chi connectivity index (χ4v) is 4.40. The summed E-state index contributed by atoms with van der Waals surface area (Å²) in [7, 11) is 1.72. The molecule has 0 aliphatic carbocycles. The number of fused-ring (bicyclic) bond motifs is 3. The second-order valence-electron chi connectivity index (χ2n) is 8.53. The third-order valence-electron chi connectivity index (χ3n) is 6.05. The Morgan fingerprint density at radius 2 is 1.97 bits per heavy atom. The van der Waals surface area contributed by atoms with E-state index in [0.717, 1.165) is 28.5 Å². The topological polar surface area (TPSA) is 74.8 Å². The number of nitrogens with zero attached hydrogens (tertiary/aromatic N) is 5. The number of hydrogen-bond donors (Lipinski definition) is 0. The lowest BCUT2D eigenvalue weighted by atomic mass is 9.81. The number of ether oxygens (including phenoxy) is 1. The molecule has 0 bridgehead atoms. The van der Waals surface area contributed by atoms with Gasteiger partial charge in [-0.1, -0.05) is 19.9 Å². The van der Waals surface area contributed by atoms with Gasteiger partial charge >= 0.3 is 5.69 Å². The lowest BCUT2D eigenvalue weighted by Crippen LogP contribution is -2.41. The van der Waals surface area contributed by atoms with Crippen LogP contribution in [0.4, 0.5) is 4.39 Å². The predicted octanol–water partition coefficient (Wildman–Crippen LogP) is 3.47. The van der Waals surface area contributed by atoms with E-state index in [1.165, 1.54) is 12.3 Å². The Morgan fingerprint density at radius 3 is 2.70 bits per heavy atom. The minimum Gasteiger partial charge on any atom is -0.381 e. The van der Waals surface area contributed by atoms with Crippen molar-refractivity contribution >= 4 is 22.1 Å². The fourth-order valence-electron chi connectivity index (χ4n) is 4.40. The van der Waals surface area contributed by atoms with Gasteiger partial charge < -0.3 is 4.74 Å². The zero-order valence-corrected chi connectivity index (χ0v) is 17.1. The fraction of sp³-hybridized carbons (Fsp3) is 0.364. The number of pyridine rings is 1. The first-order valence-corrected chi connectivity index (χ1v) is 9.94. The lowest BCUT2D eigenvalue weighted by molar-refractivity contribution is -0.0253. The maximum atomic E-state index is 13.3. The third kappa shape index (κ3) is 2.82. The summed E-state index contributed by atoms with van der Waals surface area (Å²) in [4.78, 5) is 17.0. The molecule has 30 heavy (non-hydrogen) atoms. The molecule has 0 radical (unpaired) electrons. The van der Waals surface area contributed by atoms with Crippen LogP contribution in [0, 0.1) is 11.4 Å². The number of aryl methyl sites for hydroxylation is 1. The zero-order valence-electron chi connectivity index (χ0n) is 17.1. The van der Waals surface area contributed by atoms with Crippen LogP contribution in [0.1, 0.15) is 26.3 Å². The Morgan fingerprint density at radius 1 is 1.17 bits per heavy atom. The van der Waals surface area contributed by atoms with Crippen LogP contribution in [0.2, 0.25) is 0 Å². The van der Waals surface area contributed by atoms with E-state index in [2.05, 4.69) is 29.0 Å². The molecular formula is C22H22FN5O2. The molecule has 1 aliphatic rings. The highest BCUT2D eigenvalue weighted by molar-refractivity contribution is 6.02. The first kappa shape index (κ1) is 18.9. The van der Waals surface area contributed by atoms with Gasteiger partial charge in [0.05, 0.1) is 12.1 Å². The van der Waals surface area contributed by atoms with Crippen molar-refractivity contribution < 1.29 is 9.13 Å². The zero-order chi connectivity index (χ0) is 21.0. The molecule has 0 unspecified atom stereocenters. The van der Waals surface area contributed by atoms with Gasteiger partial charge in [-0.3, -0.25) is 9.13 Å². The van der Waals surface area contributed by atoms with Crippen molar-refractivity contribution in [1.29, 1.82) is 0 Å². The van der Waals surface area contributed by atoms with Crippen LogP contribution in [0.3, 0.4) is 0 Å². The first-order chi connectivity index (χ1) is 14.4. The lowest BCUT2D eigenvalue weighted by Gasteiger charge is -2.38. The van der Waals surface area contributed by atoms with Crippen LogP contribution in [-0.4, -0.2) is 37.5 Å². The monoisotopic (exact) mass is 407 g/mol. The van der Waals surface area contributed by atoms with E-state index in [1.54, 1.807) is 17.7 Å². The van der Waals surface area contributed by atoms with E-state index in [-0.39, 0.29) is 17.1 Å². The molecule has 8 heteroatoms. The van der Waals surface area contributed by atoms with Gasteiger partial charge in [-0.05, 0) is 36.2 Å². The number of aromatic nitrogens is 5. The maximum Gasteiger partial charge on any atom is 0.330 e. The molecule has 1 aliphatic heterocycles.